The monoisotopic (exact) mass is 355 g/mol. The molecular formula is C15H12Cl2FN3O2. The third-order valence-electron chi connectivity index (χ3n) is 2.82. The van der Waals surface area contributed by atoms with Crippen LogP contribution in [0.2, 0.25) is 10.0 Å². The molecule has 0 fully saturated rings. The van der Waals surface area contributed by atoms with Crippen LogP contribution in [0.1, 0.15) is 10.4 Å². The Morgan fingerprint density at radius 3 is 2.39 bits per heavy atom. The molecule has 2 rings (SSSR count). The summed E-state index contributed by atoms with van der Waals surface area (Å²) in [4.78, 5) is 23.8. The number of rotatable bonds is 3. The average molecular weight is 356 g/mol. The Morgan fingerprint density at radius 1 is 1.00 bits per heavy atom. The molecule has 0 spiro atoms. The molecule has 0 saturated heterocycles. The van der Waals surface area contributed by atoms with Crippen molar-refractivity contribution in [2.75, 3.05) is 17.7 Å². The van der Waals surface area contributed by atoms with Crippen LogP contribution in [0, 0.1) is 5.82 Å². The van der Waals surface area contributed by atoms with Crippen LogP contribution < -0.4 is 16.0 Å². The van der Waals surface area contributed by atoms with Crippen molar-refractivity contribution in [2.45, 2.75) is 0 Å². The van der Waals surface area contributed by atoms with Crippen molar-refractivity contribution in [2.24, 2.45) is 0 Å². The van der Waals surface area contributed by atoms with Gasteiger partial charge in [0.05, 0.1) is 11.3 Å². The topological polar surface area (TPSA) is 70.2 Å². The molecule has 0 atom stereocenters. The minimum atomic E-state index is -0.668. The standard InChI is InChI=1S/C15H12Cl2FN3O2/c1-19-14(22)12-3-2-8(16)6-13(12)21-15(23)20-11-5-9(17)4-10(18)7-11/h2-7H,1H3,(H,19,22)(H2,20,21,23). The normalized spacial score (nSPS) is 10.1. The molecule has 0 aromatic heterocycles. The van der Waals surface area contributed by atoms with Gasteiger partial charge >= 0.3 is 6.03 Å². The first kappa shape index (κ1) is 17.1. The van der Waals surface area contributed by atoms with E-state index in [1.807, 2.05) is 0 Å². The Morgan fingerprint density at radius 2 is 1.74 bits per heavy atom. The van der Waals surface area contributed by atoms with E-state index in [0.717, 1.165) is 12.1 Å². The molecule has 8 heteroatoms. The van der Waals surface area contributed by atoms with Gasteiger partial charge in [-0.1, -0.05) is 23.2 Å². The highest BCUT2D eigenvalue weighted by molar-refractivity contribution is 6.31. The van der Waals surface area contributed by atoms with Gasteiger partial charge in [-0.15, -0.1) is 0 Å². The zero-order chi connectivity index (χ0) is 17.0. The highest BCUT2D eigenvalue weighted by Gasteiger charge is 2.13. The molecule has 3 amide bonds. The van der Waals surface area contributed by atoms with Gasteiger partial charge in [0.25, 0.3) is 5.91 Å². The first-order valence-corrected chi connectivity index (χ1v) is 7.20. The maximum Gasteiger partial charge on any atom is 0.323 e. The minimum Gasteiger partial charge on any atom is -0.355 e. The van der Waals surface area contributed by atoms with Gasteiger partial charge in [-0.05, 0) is 36.4 Å². The van der Waals surface area contributed by atoms with Gasteiger partial charge < -0.3 is 16.0 Å². The first-order chi connectivity index (χ1) is 10.9. The number of carbonyl (C=O) groups is 2. The summed E-state index contributed by atoms with van der Waals surface area (Å²) in [6, 6.07) is 7.40. The van der Waals surface area contributed by atoms with Gasteiger partial charge in [0, 0.05) is 22.8 Å². The summed E-state index contributed by atoms with van der Waals surface area (Å²) in [7, 11) is 1.47. The predicted molar refractivity (Wildman–Crippen MR) is 88.9 cm³/mol. The number of anilines is 2. The lowest BCUT2D eigenvalue weighted by Gasteiger charge is -2.12. The zero-order valence-electron chi connectivity index (χ0n) is 11.9. The summed E-state index contributed by atoms with van der Waals surface area (Å²) < 4.78 is 13.2. The molecule has 0 saturated carbocycles. The number of carbonyl (C=O) groups excluding carboxylic acids is 2. The number of amides is 3. The van der Waals surface area contributed by atoms with E-state index in [9.17, 15) is 14.0 Å². The Kier molecular flexibility index (Phi) is 5.41. The Labute approximate surface area is 141 Å². The number of hydrogen-bond donors (Lipinski definition) is 3. The molecule has 0 heterocycles. The predicted octanol–water partition coefficient (Wildman–Crippen LogP) is 4.14. The van der Waals surface area contributed by atoms with E-state index < -0.39 is 11.8 Å². The van der Waals surface area contributed by atoms with E-state index in [-0.39, 0.29) is 27.9 Å². The first-order valence-electron chi connectivity index (χ1n) is 6.45. The molecular weight excluding hydrogens is 344 g/mol. The van der Waals surface area contributed by atoms with E-state index >= 15 is 0 Å². The fourth-order valence-electron chi connectivity index (χ4n) is 1.86. The quantitative estimate of drug-likeness (QED) is 0.774. The van der Waals surface area contributed by atoms with Crippen molar-refractivity contribution in [1.82, 2.24) is 5.32 Å². The molecule has 0 aliphatic rings. The highest BCUT2D eigenvalue weighted by atomic mass is 35.5. The SMILES string of the molecule is CNC(=O)c1ccc(Cl)cc1NC(=O)Nc1cc(F)cc(Cl)c1. The van der Waals surface area contributed by atoms with Crippen LogP contribution in [0.25, 0.3) is 0 Å². The van der Waals surface area contributed by atoms with Crippen molar-refractivity contribution in [3.63, 3.8) is 0 Å². The van der Waals surface area contributed by atoms with Crippen LogP contribution in [0.3, 0.4) is 0 Å². The molecule has 0 unspecified atom stereocenters. The van der Waals surface area contributed by atoms with Crippen LogP contribution in [0.5, 0.6) is 0 Å². The fourth-order valence-corrected chi connectivity index (χ4v) is 2.26. The molecule has 5 nitrogen and oxygen atoms in total. The lowest BCUT2D eigenvalue weighted by molar-refractivity contribution is 0.0964. The summed E-state index contributed by atoms with van der Waals surface area (Å²) in [5.41, 5.74) is 0.636. The Balaban J connectivity index is 2.19. The maximum absolute atomic E-state index is 13.2. The van der Waals surface area contributed by atoms with Gasteiger partial charge in [-0.2, -0.15) is 0 Å². The number of hydrogen-bond acceptors (Lipinski definition) is 2. The summed E-state index contributed by atoms with van der Waals surface area (Å²) in [6.45, 7) is 0. The summed E-state index contributed by atoms with van der Waals surface area (Å²) in [5.74, 6) is -0.965. The smallest absolute Gasteiger partial charge is 0.323 e. The molecule has 2 aromatic rings. The number of halogens is 3. The zero-order valence-corrected chi connectivity index (χ0v) is 13.4. The molecule has 2 aromatic carbocycles. The van der Waals surface area contributed by atoms with E-state index in [0.29, 0.717) is 5.02 Å². The fraction of sp³-hybridized carbons (Fsp3) is 0.0667. The molecule has 23 heavy (non-hydrogen) atoms. The summed E-state index contributed by atoms with van der Waals surface area (Å²) >= 11 is 11.6. The van der Waals surface area contributed by atoms with Crippen LogP contribution in [-0.4, -0.2) is 19.0 Å². The van der Waals surface area contributed by atoms with Crippen LogP contribution in [-0.2, 0) is 0 Å². The van der Waals surface area contributed by atoms with Crippen molar-refractivity contribution >= 4 is 46.5 Å². The van der Waals surface area contributed by atoms with E-state index in [1.165, 1.54) is 31.3 Å². The van der Waals surface area contributed by atoms with Gasteiger partial charge in [-0.25, -0.2) is 9.18 Å². The van der Waals surface area contributed by atoms with Crippen molar-refractivity contribution in [3.05, 3.63) is 57.8 Å². The van der Waals surface area contributed by atoms with Crippen LogP contribution in [0.15, 0.2) is 36.4 Å². The minimum absolute atomic E-state index is 0.147. The Hall–Kier alpha value is -2.31. The summed E-state index contributed by atoms with van der Waals surface area (Å²) in [5, 5.41) is 7.87. The maximum atomic E-state index is 13.2. The highest BCUT2D eigenvalue weighted by Crippen LogP contribution is 2.22. The second-order valence-electron chi connectivity index (χ2n) is 4.51. The molecule has 0 aliphatic carbocycles. The van der Waals surface area contributed by atoms with Crippen molar-refractivity contribution in [1.29, 1.82) is 0 Å². The lowest BCUT2D eigenvalue weighted by atomic mass is 10.1. The third-order valence-corrected chi connectivity index (χ3v) is 3.28. The van der Waals surface area contributed by atoms with E-state index in [2.05, 4.69) is 16.0 Å². The molecule has 0 bridgehead atoms. The molecule has 120 valence electrons. The Bertz CT molecular complexity index is 748. The third kappa shape index (κ3) is 4.58. The van der Waals surface area contributed by atoms with Gasteiger partial charge in [0.1, 0.15) is 5.82 Å². The van der Waals surface area contributed by atoms with Crippen molar-refractivity contribution in [3.8, 4) is 0 Å². The number of urea groups is 1. The second kappa shape index (κ2) is 7.30. The molecule has 0 aliphatic heterocycles. The van der Waals surface area contributed by atoms with Gasteiger partial charge in [0.15, 0.2) is 0 Å². The number of benzene rings is 2. The van der Waals surface area contributed by atoms with Gasteiger partial charge in [0.2, 0.25) is 0 Å². The van der Waals surface area contributed by atoms with Crippen molar-refractivity contribution < 1.29 is 14.0 Å². The molecule has 3 N–H and O–H groups in total. The lowest BCUT2D eigenvalue weighted by Crippen LogP contribution is -2.24. The van der Waals surface area contributed by atoms with E-state index in [1.54, 1.807) is 0 Å². The van der Waals surface area contributed by atoms with Gasteiger partial charge in [-0.3, -0.25) is 4.79 Å². The summed E-state index contributed by atoms with van der Waals surface area (Å²) in [6.07, 6.45) is 0. The average Bonchev–Trinajstić information content (AvgIpc) is 2.45. The van der Waals surface area contributed by atoms with Crippen LogP contribution >= 0.6 is 23.2 Å². The van der Waals surface area contributed by atoms with Crippen LogP contribution in [0.4, 0.5) is 20.6 Å². The largest absolute Gasteiger partial charge is 0.355 e. The van der Waals surface area contributed by atoms with E-state index in [4.69, 9.17) is 23.2 Å². The molecule has 0 radical (unpaired) electrons. The second-order valence-corrected chi connectivity index (χ2v) is 5.38. The number of nitrogens with one attached hydrogen (secondary N) is 3.